The number of rotatable bonds is 3. The monoisotopic (exact) mass is 198 g/mol. The van der Waals surface area contributed by atoms with Crippen LogP contribution in [0.2, 0.25) is 0 Å². The molecule has 0 radical (unpaired) electrons. The molecule has 0 aliphatic carbocycles. The van der Waals surface area contributed by atoms with E-state index in [4.69, 9.17) is 0 Å². The molecule has 14 heavy (non-hydrogen) atoms. The van der Waals surface area contributed by atoms with Crippen molar-refractivity contribution < 1.29 is 13.6 Å². The summed E-state index contributed by atoms with van der Waals surface area (Å²) in [5, 5.41) is 0. The van der Waals surface area contributed by atoms with Gasteiger partial charge in [0.25, 0.3) is 0 Å². The molecule has 0 spiro atoms. The Morgan fingerprint density at radius 2 is 1.86 bits per heavy atom. The van der Waals surface area contributed by atoms with Gasteiger partial charge >= 0.3 is 0 Å². The molecule has 3 heteroatoms. The van der Waals surface area contributed by atoms with Gasteiger partial charge in [-0.2, -0.15) is 0 Å². The van der Waals surface area contributed by atoms with E-state index in [9.17, 15) is 13.6 Å². The molecule has 0 aliphatic rings. The van der Waals surface area contributed by atoms with E-state index in [1.165, 1.54) is 13.0 Å². The predicted octanol–water partition coefficient (Wildman–Crippen LogP) is 3.05. The first kappa shape index (κ1) is 10.8. The largest absolute Gasteiger partial charge is 0.299 e. The standard InChI is InChI=1S/C11H12F2O/c1-3-10(14)7(2)11-8(12)5-4-6-9(11)13/h4-7H,3H2,1-2H3. The minimum absolute atomic E-state index is 0.126. The maximum Gasteiger partial charge on any atom is 0.140 e. The van der Waals surface area contributed by atoms with Gasteiger partial charge in [0.2, 0.25) is 0 Å². The van der Waals surface area contributed by atoms with Crippen molar-refractivity contribution in [2.75, 3.05) is 0 Å². The number of ketones is 1. The Balaban J connectivity index is 3.11. The zero-order valence-electron chi connectivity index (χ0n) is 8.18. The van der Waals surface area contributed by atoms with Gasteiger partial charge in [-0.05, 0) is 12.1 Å². The van der Waals surface area contributed by atoms with Gasteiger partial charge in [-0.1, -0.05) is 19.9 Å². The molecule has 0 amide bonds. The second-order valence-corrected chi connectivity index (χ2v) is 3.18. The molecule has 1 nitrogen and oxygen atoms in total. The number of Topliss-reactive ketones (excluding diaryl/α,β-unsaturated/α-hetero) is 1. The molecule has 76 valence electrons. The van der Waals surface area contributed by atoms with Crippen LogP contribution in [0.5, 0.6) is 0 Å². The Kier molecular flexibility index (Phi) is 3.33. The molecular weight excluding hydrogens is 186 g/mol. The first-order valence-corrected chi connectivity index (χ1v) is 4.54. The lowest BCUT2D eigenvalue weighted by Gasteiger charge is -2.11. The molecule has 0 aromatic heterocycles. The fourth-order valence-corrected chi connectivity index (χ4v) is 1.39. The van der Waals surface area contributed by atoms with Crippen LogP contribution in [0.25, 0.3) is 0 Å². The number of hydrogen-bond donors (Lipinski definition) is 0. The number of benzene rings is 1. The molecule has 0 saturated carbocycles. The van der Waals surface area contributed by atoms with Crippen LogP contribution >= 0.6 is 0 Å². The molecule has 0 aliphatic heterocycles. The fourth-order valence-electron chi connectivity index (χ4n) is 1.39. The Morgan fingerprint density at radius 1 is 1.36 bits per heavy atom. The van der Waals surface area contributed by atoms with Crippen LogP contribution in [-0.4, -0.2) is 5.78 Å². The van der Waals surface area contributed by atoms with Crippen molar-refractivity contribution in [2.45, 2.75) is 26.2 Å². The highest BCUT2D eigenvalue weighted by atomic mass is 19.1. The molecule has 1 aromatic carbocycles. The quantitative estimate of drug-likeness (QED) is 0.729. The Morgan fingerprint density at radius 3 is 2.29 bits per heavy atom. The number of carbonyl (C=O) groups excluding carboxylic acids is 1. The second kappa shape index (κ2) is 4.31. The van der Waals surface area contributed by atoms with E-state index in [-0.39, 0.29) is 17.8 Å². The summed E-state index contributed by atoms with van der Waals surface area (Å²) in [5.74, 6) is -2.17. The third-order valence-electron chi connectivity index (χ3n) is 2.26. The average molecular weight is 198 g/mol. The predicted molar refractivity (Wildman–Crippen MR) is 50.1 cm³/mol. The molecule has 0 fully saturated rings. The third-order valence-corrected chi connectivity index (χ3v) is 2.26. The minimum Gasteiger partial charge on any atom is -0.299 e. The van der Waals surface area contributed by atoms with Gasteiger partial charge in [0.15, 0.2) is 0 Å². The van der Waals surface area contributed by atoms with E-state index < -0.39 is 17.6 Å². The summed E-state index contributed by atoms with van der Waals surface area (Å²) in [6, 6.07) is 3.62. The molecular formula is C11H12F2O. The molecule has 1 aromatic rings. The van der Waals surface area contributed by atoms with Crippen LogP contribution in [0.1, 0.15) is 31.7 Å². The fraction of sp³-hybridized carbons (Fsp3) is 0.364. The summed E-state index contributed by atoms with van der Waals surface area (Å²) in [4.78, 5) is 11.3. The molecule has 0 N–H and O–H groups in total. The molecule has 0 saturated heterocycles. The zero-order chi connectivity index (χ0) is 10.7. The Bertz CT molecular complexity index is 327. The first-order chi connectivity index (χ1) is 6.57. The van der Waals surface area contributed by atoms with E-state index in [2.05, 4.69) is 0 Å². The third kappa shape index (κ3) is 1.97. The van der Waals surface area contributed by atoms with E-state index in [1.807, 2.05) is 0 Å². The lowest BCUT2D eigenvalue weighted by atomic mass is 9.94. The summed E-state index contributed by atoms with van der Waals surface area (Å²) in [7, 11) is 0. The summed E-state index contributed by atoms with van der Waals surface area (Å²) >= 11 is 0. The van der Waals surface area contributed by atoms with Crippen LogP contribution in [0.3, 0.4) is 0 Å². The van der Waals surface area contributed by atoms with Crippen LogP contribution in [0.15, 0.2) is 18.2 Å². The molecule has 0 bridgehead atoms. The van der Waals surface area contributed by atoms with E-state index in [0.29, 0.717) is 0 Å². The summed E-state index contributed by atoms with van der Waals surface area (Å²) in [6.07, 6.45) is 0.287. The highest BCUT2D eigenvalue weighted by molar-refractivity contribution is 5.85. The number of carbonyl (C=O) groups is 1. The van der Waals surface area contributed by atoms with E-state index >= 15 is 0 Å². The maximum atomic E-state index is 13.2. The Hall–Kier alpha value is -1.25. The van der Waals surface area contributed by atoms with Crippen molar-refractivity contribution in [1.82, 2.24) is 0 Å². The van der Waals surface area contributed by atoms with Gasteiger partial charge in [-0.25, -0.2) is 8.78 Å². The SMILES string of the molecule is CCC(=O)C(C)c1c(F)cccc1F. The summed E-state index contributed by atoms with van der Waals surface area (Å²) in [6.45, 7) is 3.20. The van der Waals surface area contributed by atoms with Gasteiger partial charge in [0.05, 0.1) is 0 Å². The highest BCUT2D eigenvalue weighted by Gasteiger charge is 2.20. The zero-order valence-corrected chi connectivity index (χ0v) is 8.18. The molecule has 1 unspecified atom stereocenters. The van der Waals surface area contributed by atoms with Gasteiger partial charge in [0.1, 0.15) is 17.4 Å². The first-order valence-electron chi connectivity index (χ1n) is 4.54. The van der Waals surface area contributed by atoms with Crippen LogP contribution in [-0.2, 0) is 4.79 Å². The van der Waals surface area contributed by atoms with Gasteiger partial charge < -0.3 is 0 Å². The number of hydrogen-bond acceptors (Lipinski definition) is 1. The van der Waals surface area contributed by atoms with E-state index in [1.54, 1.807) is 6.92 Å². The summed E-state index contributed by atoms with van der Waals surface area (Å²) in [5.41, 5.74) is -0.126. The topological polar surface area (TPSA) is 17.1 Å². The molecule has 1 atom stereocenters. The molecule has 0 heterocycles. The second-order valence-electron chi connectivity index (χ2n) is 3.18. The maximum absolute atomic E-state index is 13.2. The van der Waals surface area contributed by atoms with Crippen LogP contribution in [0.4, 0.5) is 8.78 Å². The van der Waals surface area contributed by atoms with Gasteiger partial charge in [-0.3, -0.25) is 4.79 Å². The smallest absolute Gasteiger partial charge is 0.140 e. The van der Waals surface area contributed by atoms with Crippen molar-refractivity contribution in [2.24, 2.45) is 0 Å². The van der Waals surface area contributed by atoms with E-state index in [0.717, 1.165) is 12.1 Å². The van der Waals surface area contributed by atoms with Crippen molar-refractivity contribution in [1.29, 1.82) is 0 Å². The lowest BCUT2D eigenvalue weighted by Crippen LogP contribution is -2.11. The van der Waals surface area contributed by atoms with Crippen LogP contribution < -0.4 is 0 Å². The van der Waals surface area contributed by atoms with Gasteiger partial charge in [0, 0.05) is 17.9 Å². The van der Waals surface area contributed by atoms with Crippen molar-refractivity contribution >= 4 is 5.78 Å². The minimum atomic E-state index is -0.707. The average Bonchev–Trinajstić information content (AvgIpc) is 2.16. The van der Waals surface area contributed by atoms with Crippen molar-refractivity contribution in [3.8, 4) is 0 Å². The molecule has 1 rings (SSSR count). The van der Waals surface area contributed by atoms with Crippen LogP contribution in [0, 0.1) is 11.6 Å². The Labute approximate surface area is 81.7 Å². The summed E-state index contributed by atoms with van der Waals surface area (Å²) < 4.78 is 26.4. The highest BCUT2D eigenvalue weighted by Crippen LogP contribution is 2.23. The normalized spacial score (nSPS) is 12.6. The van der Waals surface area contributed by atoms with Crippen molar-refractivity contribution in [3.63, 3.8) is 0 Å². The lowest BCUT2D eigenvalue weighted by molar-refractivity contribution is -0.119. The number of halogens is 2. The van der Waals surface area contributed by atoms with Crippen molar-refractivity contribution in [3.05, 3.63) is 35.4 Å². The van der Waals surface area contributed by atoms with Gasteiger partial charge in [-0.15, -0.1) is 0 Å².